The Morgan fingerprint density at radius 1 is 0.925 bits per heavy atom. The number of aromatic nitrogens is 1. The first-order valence-corrected chi connectivity index (χ1v) is 14.3. The van der Waals surface area contributed by atoms with Gasteiger partial charge in [0.15, 0.2) is 6.20 Å². The molecule has 0 N–H and O–H groups in total. The van der Waals surface area contributed by atoms with Gasteiger partial charge in [-0.05, 0) is 89.8 Å². The number of hydrogen-bond acceptors (Lipinski definition) is 2. The van der Waals surface area contributed by atoms with Crippen LogP contribution in [0.5, 0.6) is 0 Å². The number of nitriles is 1. The second-order valence-electron chi connectivity index (χ2n) is 11.9. The largest absolute Gasteiger partial charge is 0.454 e. The van der Waals surface area contributed by atoms with Crippen molar-refractivity contribution < 1.29 is 15.8 Å². The molecule has 0 saturated heterocycles. The van der Waals surface area contributed by atoms with E-state index in [-0.39, 0.29) is 11.1 Å². The van der Waals surface area contributed by atoms with Crippen LogP contribution in [0.2, 0.25) is 0 Å². The normalized spacial score (nSPS) is 22.0. The Kier molecular flexibility index (Phi) is 4.68. The highest BCUT2D eigenvalue weighted by molar-refractivity contribution is 6.14. The van der Waals surface area contributed by atoms with Gasteiger partial charge in [-0.15, -0.1) is 0 Å². The molecule has 1 saturated carbocycles. The molecule has 2 aromatic heterocycles. The molecule has 0 aliphatic heterocycles. The summed E-state index contributed by atoms with van der Waals surface area (Å²) in [6.07, 6.45) is 1.88. The van der Waals surface area contributed by atoms with Gasteiger partial charge in [-0.3, -0.25) is 0 Å². The van der Waals surface area contributed by atoms with Gasteiger partial charge in [0.2, 0.25) is 5.69 Å². The molecule has 0 bridgehead atoms. The molecule has 5 aromatic rings. The first-order chi connectivity index (χ1) is 21.3. The van der Waals surface area contributed by atoms with Crippen LogP contribution in [0, 0.1) is 23.7 Å². The Hall–Kier alpha value is -3.90. The van der Waals surface area contributed by atoms with Gasteiger partial charge in [-0.1, -0.05) is 57.4 Å². The fourth-order valence-corrected chi connectivity index (χ4v) is 6.73. The maximum absolute atomic E-state index is 10.4. The zero-order valence-corrected chi connectivity index (χ0v) is 23.6. The van der Waals surface area contributed by atoms with E-state index in [0.717, 1.165) is 46.9 Å². The molecule has 7 rings (SSSR count). The van der Waals surface area contributed by atoms with Crippen molar-refractivity contribution in [2.75, 3.05) is 0 Å². The molecule has 0 amide bonds. The van der Waals surface area contributed by atoms with Crippen LogP contribution in [0.4, 0.5) is 0 Å². The monoisotopic (exact) mass is 530 g/mol. The van der Waals surface area contributed by atoms with Gasteiger partial charge in [-0.25, -0.2) is 4.57 Å². The zero-order chi connectivity index (χ0) is 32.1. The topological polar surface area (TPSA) is 40.8 Å². The summed E-state index contributed by atoms with van der Waals surface area (Å²) < 4.78 is 56.1. The van der Waals surface area contributed by atoms with Crippen LogP contribution in [0.1, 0.15) is 86.5 Å². The standard InChI is InChI=1S/C37H37N2O/c1-23-13-15-28-29-16-14-25(22-38)34(36(29)40-35(28)33(23)32-12-8-9-19-39(32)4)27-18-17-26(24-10-6-5-7-11-24)30-20-37(2,3)21-31(27)30/h8-9,12-19,24H,5-7,10-11,20-21H2,1-4H3/q+1/i20D2,21D2,24D. The molecule has 2 aliphatic rings. The Labute approximate surface area is 244 Å². The predicted molar refractivity (Wildman–Crippen MR) is 162 cm³/mol. The molecule has 40 heavy (non-hydrogen) atoms. The molecule has 0 unspecified atom stereocenters. The third-order valence-corrected chi connectivity index (χ3v) is 8.64. The fourth-order valence-electron chi connectivity index (χ4n) is 6.73. The minimum absolute atomic E-state index is 0.238. The lowest BCUT2D eigenvalue weighted by Gasteiger charge is -2.25. The molecule has 0 atom stereocenters. The number of rotatable bonds is 3. The summed E-state index contributed by atoms with van der Waals surface area (Å²) in [5.41, 5.74) is 5.03. The molecule has 3 nitrogen and oxygen atoms in total. The predicted octanol–water partition coefficient (Wildman–Crippen LogP) is 9.10. The van der Waals surface area contributed by atoms with Gasteiger partial charge in [-0.2, -0.15) is 5.26 Å². The summed E-state index contributed by atoms with van der Waals surface area (Å²) in [6, 6.07) is 19.7. The van der Waals surface area contributed by atoms with E-state index in [4.69, 9.17) is 4.42 Å². The van der Waals surface area contributed by atoms with Crippen molar-refractivity contribution in [2.45, 2.75) is 71.5 Å². The van der Waals surface area contributed by atoms with Crippen molar-refractivity contribution in [3.8, 4) is 28.5 Å². The summed E-state index contributed by atoms with van der Waals surface area (Å²) in [6.45, 7) is 5.32. The maximum atomic E-state index is 10.4. The molecule has 1 fully saturated rings. The average Bonchev–Trinajstić information content (AvgIpc) is 3.43. The van der Waals surface area contributed by atoms with Crippen LogP contribution in [-0.4, -0.2) is 0 Å². The number of aryl methyl sites for hydroxylation is 2. The van der Waals surface area contributed by atoms with Gasteiger partial charge < -0.3 is 4.42 Å². The van der Waals surface area contributed by atoms with Gasteiger partial charge in [0.05, 0.1) is 17.2 Å². The van der Waals surface area contributed by atoms with Gasteiger partial charge >= 0.3 is 0 Å². The molecule has 3 heteroatoms. The van der Waals surface area contributed by atoms with Gasteiger partial charge in [0.1, 0.15) is 18.2 Å². The van der Waals surface area contributed by atoms with Crippen molar-refractivity contribution >= 4 is 21.9 Å². The number of benzene rings is 3. The molecule has 0 radical (unpaired) electrons. The molecular formula is C37H37N2O+. The second kappa shape index (κ2) is 9.34. The van der Waals surface area contributed by atoms with Gasteiger partial charge in [0, 0.05) is 35.3 Å². The van der Waals surface area contributed by atoms with Crippen molar-refractivity contribution in [1.82, 2.24) is 0 Å². The minimum atomic E-state index is -2.09. The highest BCUT2D eigenvalue weighted by Gasteiger charge is 2.35. The second-order valence-corrected chi connectivity index (χ2v) is 11.9. The molecule has 2 heterocycles. The summed E-state index contributed by atoms with van der Waals surface area (Å²) in [7, 11) is 1.99. The van der Waals surface area contributed by atoms with E-state index in [2.05, 4.69) is 12.1 Å². The quantitative estimate of drug-likeness (QED) is 0.218. The minimum Gasteiger partial charge on any atom is -0.454 e. The molecule has 3 aromatic carbocycles. The number of pyridine rings is 1. The lowest BCUT2D eigenvalue weighted by atomic mass is 9.79. The molecule has 2 aliphatic carbocycles. The van der Waals surface area contributed by atoms with Crippen LogP contribution in [-0.2, 0) is 19.8 Å². The smallest absolute Gasteiger partial charge is 0.216 e. The average molecular weight is 531 g/mol. The van der Waals surface area contributed by atoms with Gasteiger partial charge in [0.25, 0.3) is 0 Å². The SMILES string of the molecule is [2H]C1(c2ccc(-c3c(C#N)ccc4c3oc3c(-c5cccc[n+]5C)c(C)ccc34)c3c2C([2H])([2H])C(C)(C)C3([2H])[2H])CCCCC1. The lowest BCUT2D eigenvalue weighted by Crippen LogP contribution is -2.30. The Morgan fingerprint density at radius 2 is 1.65 bits per heavy atom. The Morgan fingerprint density at radius 3 is 2.40 bits per heavy atom. The van der Waals surface area contributed by atoms with E-state index in [0.29, 0.717) is 46.3 Å². The highest BCUT2D eigenvalue weighted by Crippen LogP contribution is 2.49. The van der Waals surface area contributed by atoms with Crippen molar-refractivity contribution in [1.29, 1.82) is 5.26 Å². The summed E-state index contributed by atoms with van der Waals surface area (Å²) in [5.74, 6) is -0.994. The fraction of sp³-hybridized carbons (Fsp3) is 0.351. The first-order valence-electron chi connectivity index (χ1n) is 16.8. The third kappa shape index (κ3) is 3.88. The Bertz CT molecular complexity index is 2080. The van der Waals surface area contributed by atoms with Crippen LogP contribution >= 0.6 is 0 Å². The number of nitrogens with zero attached hydrogens (tertiary/aromatic N) is 2. The first kappa shape index (κ1) is 20.0. The van der Waals surface area contributed by atoms with Crippen LogP contribution < -0.4 is 4.57 Å². The molecule has 0 spiro atoms. The van der Waals surface area contributed by atoms with Crippen LogP contribution in [0.25, 0.3) is 44.3 Å². The van der Waals surface area contributed by atoms with E-state index in [1.807, 2.05) is 67.2 Å². The highest BCUT2D eigenvalue weighted by atomic mass is 16.3. The lowest BCUT2D eigenvalue weighted by molar-refractivity contribution is -0.660. The Balaban J connectivity index is 1.61. The number of furan rings is 1. The summed E-state index contributed by atoms with van der Waals surface area (Å²) in [5, 5.41) is 12.1. The zero-order valence-electron chi connectivity index (χ0n) is 28.6. The third-order valence-electron chi connectivity index (χ3n) is 8.64. The van der Waals surface area contributed by atoms with Crippen molar-refractivity contribution in [2.24, 2.45) is 12.5 Å². The van der Waals surface area contributed by atoms with Crippen LogP contribution in [0.15, 0.2) is 65.2 Å². The summed E-state index contributed by atoms with van der Waals surface area (Å²) >= 11 is 0. The van der Waals surface area contributed by atoms with Crippen molar-refractivity contribution in [3.63, 3.8) is 0 Å². The van der Waals surface area contributed by atoms with E-state index in [9.17, 15) is 12.1 Å². The van der Waals surface area contributed by atoms with Crippen molar-refractivity contribution in [3.05, 3.63) is 88.6 Å². The number of fused-ring (bicyclic) bond motifs is 4. The summed E-state index contributed by atoms with van der Waals surface area (Å²) in [4.78, 5) is 0. The maximum Gasteiger partial charge on any atom is 0.216 e. The van der Waals surface area contributed by atoms with E-state index >= 15 is 0 Å². The molecule has 200 valence electrons. The van der Waals surface area contributed by atoms with E-state index in [1.54, 1.807) is 19.9 Å². The van der Waals surface area contributed by atoms with E-state index in [1.165, 1.54) is 0 Å². The number of hydrogen-bond donors (Lipinski definition) is 0. The molecular weight excluding hydrogens is 488 g/mol. The van der Waals surface area contributed by atoms with E-state index < -0.39 is 24.1 Å². The van der Waals surface area contributed by atoms with Crippen LogP contribution in [0.3, 0.4) is 0 Å².